The average molecular weight is 330 g/mol. The maximum absolute atomic E-state index is 12.6. The van der Waals surface area contributed by atoms with E-state index in [2.05, 4.69) is 4.90 Å². The van der Waals surface area contributed by atoms with Crippen molar-refractivity contribution in [2.45, 2.75) is 44.6 Å². The predicted molar refractivity (Wildman–Crippen MR) is 96.3 cm³/mol. The number of methoxy groups -OCH3 is 1. The van der Waals surface area contributed by atoms with Crippen LogP contribution in [0.1, 0.15) is 37.7 Å². The molecule has 2 aliphatic rings. The van der Waals surface area contributed by atoms with Gasteiger partial charge >= 0.3 is 0 Å². The normalized spacial score (nSPS) is 24.2. The van der Waals surface area contributed by atoms with E-state index in [1.165, 1.54) is 45.2 Å². The molecule has 0 aliphatic carbocycles. The third-order valence-corrected chi connectivity index (χ3v) is 5.68. The summed E-state index contributed by atoms with van der Waals surface area (Å²) in [5.41, 5.74) is 1.05. The van der Waals surface area contributed by atoms with E-state index in [0.29, 0.717) is 18.4 Å². The molecule has 4 nitrogen and oxygen atoms in total. The number of hydrogen-bond acceptors (Lipinski definition) is 3. The van der Waals surface area contributed by atoms with Crippen LogP contribution in [0.5, 0.6) is 5.75 Å². The van der Waals surface area contributed by atoms with E-state index in [4.69, 9.17) is 4.74 Å². The van der Waals surface area contributed by atoms with Gasteiger partial charge in [0.25, 0.3) is 0 Å². The molecule has 2 atom stereocenters. The zero-order chi connectivity index (χ0) is 16.9. The minimum Gasteiger partial charge on any atom is -0.497 e. The Hall–Kier alpha value is -1.55. The fraction of sp³-hybridized carbons (Fsp3) is 0.650. The topological polar surface area (TPSA) is 32.8 Å². The molecule has 3 rings (SSSR count). The average Bonchev–Trinajstić information content (AvgIpc) is 2.62. The van der Waals surface area contributed by atoms with Crippen LogP contribution in [-0.2, 0) is 11.2 Å². The minimum absolute atomic E-state index is 0.216. The van der Waals surface area contributed by atoms with E-state index >= 15 is 0 Å². The van der Waals surface area contributed by atoms with Crippen LogP contribution in [0.4, 0.5) is 0 Å². The molecule has 0 spiro atoms. The number of likely N-dealkylation sites (N-methyl/N-ethyl adjacent to an activating group) is 1. The van der Waals surface area contributed by atoms with E-state index in [-0.39, 0.29) is 5.91 Å². The molecule has 1 amide bonds. The molecule has 0 unspecified atom stereocenters. The Kier molecular flexibility index (Phi) is 5.77. The molecule has 1 aromatic rings. The highest BCUT2D eigenvalue weighted by Crippen LogP contribution is 2.31. The van der Waals surface area contributed by atoms with Gasteiger partial charge < -0.3 is 14.5 Å². The van der Waals surface area contributed by atoms with Gasteiger partial charge in [-0.2, -0.15) is 0 Å². The lowest BCUT2D eigenvalue weighted by atomic mass is 9.83. The van der Waals surface area contributed by atoms with Crippen LogP contribution < -0.4 is 4.74 Å². The first-order valence-corrected chi connectivity index (χ1v) is 9.28. The number of nitrogens with zero attached hydrogens (tertiary/aromatic N) is 2. The SMILES string of the molecule is COc1ccc(CC(=O)N(C)C[C@@H]2CCCN3CCCC[C@@H]23)cc1. The number of benzene rings is 1. The molecule has 0 N–H and O–H groups in total. The van der Waals surface area contributed by atoms with Crippen molar-refractivity contribution in [2.24, 2.45) is 5.92 Å². The maximum Gasteiger partial charge on any atom is 0.226 e. The highest BCUT2D eigenvalue weighted by atomic mass is 16.5. The molecule has 0 aromatic heterocycles. The van der Waals surface area contributed by atoms with Gasteiger partial charge in [0.05, 0.1) is 13.5 Å². The zero-order valence-corrected chi connectivity index (χ0v) is 15.0. The van der Waals surface area contributed by atoms with Gasteiger partial charge in [-0.3, -0.25) is 4.79 Å². The number of ether oxygens (including phenoxy) is 1. The second-order valence-corrected chi connectivity index (χ2v) is 7.30. The van der Waals surface area contributed by atoms with Crippen LogP contribution in [-0.4, -0.2) is 55.5 Å². The van der Waals surface area contributed by atoms with Crippen LogP contribution in [0.25, 0.3) is 0 Å². The molecule has 2 heterocycles. The number of hydrogen-bond donors (Lipinski definition) is 0. The van der Waals surface area contributed by atoms with Crippen LogP contribution in [0.15, 0.2) is 24.3 Å². The molecule has 4 heteroatoms. The van der Waals surface area contributed by atoms with Crippen molar-refractivity contribution < 1.29 is 9.53 Å². The first-order chi connectivity index (χ1) is 11.7. The van der Waals surface area contributed by atoms with E-state index in [0.717, 1.165) is 17.9 Å². The Balaban J connectivity index is 1.54. The van der Waals surface area contributed by atoms with Crippen molar-refractivity contribution in [3.05, 3.63) is 29.8 Å². The smallest absolute Gasteiger partial charge is 0.226 e. The first kappa shape index (κ1) is 17.3. The summed E-state index contributed by atoms with van der Waals surface area (Å²) >= 11 is 0. The van der Waals surface area contributed by atoms with Crippen molar-refractivity contribution in [1.82, 2.24) is 9.80 Å². The molecule has 2 fully saturated rings. The van der Waals surface area contributed by atoms with E-state index in [1.54, 1.807) is 7.11 Å². The van der Waals surface area contributed by atoms with Crippen molar-refractivity contribution in [1.29, 1.82) is 0 Å². The number of rotatable bonds is 5. The van der Waals surface area contributed by atoms with Crippen LogP contribution in [0, 0.1) is 5.92 Å². The summed E-state index contributed by atoms with van der Waals surface area (Å²) in [7, 11) is 3.63. The second-order valence-electron chi connectivity index (χ2n) is 7.30. The van der Waals surface area contributed by atoms with E-state index in [1.807, 2.05) is 36.2 Å². The zero-order valence-electron chi connectivity index (χ0n) is 15.0. The van der Waals surface area contributed by atoms with Gasteiger partial charge in [-0.15, -0.1) is 0 Å². The van der Waals surface area contributed by atoms with Crippen molar-refractivity contribution in [3.63, 3.8) is 0 Å². The Bertz CT molecular complexity index is 541. The maximum atomic E-state index is 12.6. The lowest BCUT2D eigenvalue weighted by Crippen LogP contribution is -2.51. The Labute approximate surface area is 145 Å². The lowest BCUT2D eigenvalue weighted by molar-refractivity contribution is -0.130. The Morgan fingerprint density at radius 3 is 2.67 bits per heavy atom. The summed E-state index contributed by atoms with van der Waals surface area (Å²) in [6, 6.07) is 8.50. The molecule has 0 saturated carbocycles. The van der Waals surface area contributed by atoms with Gasteiger partial charge in [0.15, 0.2) is 0 Å². The van der Waals surface area contributed by atoms with Crippen molar-refractivity contribution in [2.75, 3.05) is 33.8 Å². The fourth-order valence-electron chi connectivity index (χ4n) is 4.30. The third kappa shape index (κ3) is 4.10. The molecular weight excluding hydrogens is 300 g/mol. The monoisotopic (exact) mass is 330 g/mol. The first-order valence-electron chi connectivity index (χ1n) is 9.28. The molecular formula is C20H30N2O2. The summed E-state index contributed by atoms with van der Waals surface area (Å²) in [6.45, 7) is 3.41. The number of amides is 1. The van der Waals surface area contributed by atoms with Crippen LogP contribution in [0.2, 0.25) is 0 Å². The van der Waals surface area contributed by atoms with Gasteiger partial charge in [-0.25, -0.2) is 0 Å². The largest absolute Gasteiger partial charge is 0.497 e. The van der Waals surface area contributed by atoms with Crippen molar-refractivity contribution in [3.8, 4) is 5.75 Å². The highest BCUT2D eigenvalue weighted by Gasteiger charge is 2.33. The second kappa shape index (κ2) is 8.02. The van der Waals surface area contributed by atoms with Gasteiger partial charge in [-0.1, -0.05) is 18.6 Å². The van der Waals surface area contributed by atoms with E-state index in [9.17, 15) is 4.79 Å². The standard InChI is InChI=1S/C20H30N2O2/c1-21(20(23)14-16-8-10-18(24-2)11-9-16)15-17-6-5-13-22-12-4-3-7-19(17)22/h8-11,17,19H,3-7,12-15H2,1-2H3/t17-,19-/m0/s1. The van der Waals surface area contributed by atoms with Gasteiger partial charge in [0.1, 0.15) is 5.75 Å². The predicted octanol–water partition coefficient (Wildman–Crippen LogP) is 2.96. The van der Waals surface area contributed by atoms with Crippen molar-refractivity contribution >= 4 is 5.91 Å². The number of carbonyl (C=O) groups is 1. The van der Waals surface area contributed by atoms with Gasteiger partial charge in [0, 0.05) is 19.6 Å². The number of piperidine rings is 2. The number of fused-ring (bicyclic) bond motifs is 1. The van der Waals surface area contributed by atoms with Gasteiger partial charge in [0.2, 0.25) is 5.91 Å². The summed E-state index contributed by atoms with van der Waals surface area (Å²) in [5.74, 6) is 1.69. The fourth-order valence-corrected chi connectivity index (χ4v) is 4.30. The molecule has 132 valence electrons. The Morgan fingerprint density at radius 2 is 1.92 bits per heavy atom. The van der Waals surface area contributed by atoms with Crippen LogP contribution >= 0.6 is 0 Å². The van der Waals surface area contributed by atoms with Crippen LogP contribution in [0.3, 0.4) is 0 Å². The molecule has 0 radical (unpaired) electrons. The summed E-state index contributed by atoms with van der Waals surface area (Å²) in [6.07, 6.45) is 7.02. The molecule has 2 aliphatic heterocycles. The lowest BCUT2D eigenvalue weighted by Gasteiger charge is -2.45. The summed E-state index contributed by atoms with van der Waals surface area (Å²) in [5, 5.41) is 0. The van der Waals surface area contributed by atoms with Gasteiger partial charge in [-0.05, 0) is 62.4 Å². The summed E-state index contributed by atoms with van der Waals surface area (Å²) < 4.78 is 5.17. The molecule has 2 saturated heterocycles. The highest BCUT2D eigenvalue weighted by molar-refractivity contribution is 5.78. The molecule has 24 heavy (non-hydrogen) atoms. The number of carbonyl (C=O) groups excluding carboxylic acids is 1. The third-order valence-electron chi connectivity index (χ3n) is 5.68. The quantitative estimate of drug-likeness (QED) is 0.832. The summed E-state index contributed by atoms with van der Waals surface area (Å²) in [4.78, 5) is 17.2. The molecule has 1 aromatic carbocycles. The minimum atomic E-state index is 0.216. The Morgan fingerprint density at radius 1 is 1.17 bits per heavy atom. The van der Waals surface area contributed by atoms with E-state index < -0.39 is 0 Å². The molecule has 0 bridgehead atoms.